The lowest BCUT2D eigenvalue weighted by molar-refractivity contribution is 1.23. The molecule has 0 spiro atoms. The number of aromatic nitrogens is 2. The predicted molar refractivity (Wildman–Crippen MR) is 69.4 cm³/mol. The van der Waals surface area contributed by atoms with E-state index in [2.05, 4.69) is 22.1 Å². The Morgan fingerprint density at radius 3 is 2.47 bits per heavy atom. The molecule has 0 fully saturated rings. The lowest BCUT2D eigenvalue weighted by Crippen LogP contribution is -1.93. The zero-order chi connectivity index (χ0) is 11.7. The molecule has 1 heterocycles. The van der Waals surface area contributed by atoms with Gasteiger partial charge in [0.15, 0.2) is 0 Å². The average molecular weight is 221 g/mol. The van der Waals surface area contributed by atoms with E-state index in [0.29, 0.717) is 5.82 Å². The van der Waals surface area contributed by atoms with Gasteiger partial charge in [0.05, 0.1) is 5.52 Å². The molecule has 0 saturated carbocycles. The van der Waals surface area contributed by atoms with E-state index in [1.165, 1.54) is 11.9 Å². The third-order valence-corrected chi connectivity index (χ3v) is 2.77. The van der Waals surface area contributed by atoms with Crippen LogP contribution >= 0.6 is 0 Å². The third-order valence-electron chi connectivity index (χ3n) is 2.77. The van der Waals surface area contributed by atoms with Crippen molar-refractivity contribution >= 4 is 16.7 Å². The number of hydrogen-bond donors (Lipinski definition) is 1. The van der Waals surface area contributed by atoms with Crippen molar-refractivity contribution in [1.29, 1.82) is 0 Å². The van der Waals surface area contributed by atoms with E-state index in [0.717, 1.165) is 16.5 Å². The molecule has 0 amide bonds. The van der Waals surface area contributed by atoms with Crippen LogP contribution in [0.2, 0.25) is 0 Å². The maximum absolute atomic E-state index is 5.79. The van der Waals surface area contributed by atoms with Crippen molar-refractivity contribution in [1.82, 2.24) is 9.97 Å². The highest BCUT2D eigenvalue weighted by molar-refractivity contribution is 5.90. The van der Waals surface area contributed by atoms with Gasteiger partial charge in [-0.25, -0.2) is 9.97 Å². The van der Waals surface area contributed by atoms with Gasteiger partial charge in [-0.15, -0.1) is 0 Å². The van der Waals surface area contributed by atoms with Crippen LogP contribution in [0.5, 0.6) is 0 Å². The number of anilines is 1. The van der Waals surface area contributed by atoms with E-state index in [1.54, 1.807) is 0 Å². The molecule has 0 unspecified atom stereocenters. The first-order chi connectivity index (χ1) is 8.34. The number of nitrogens with zero attached hydrogens (tertiary/aromatic N) is 2. The molecule has 0 aliphatic heterocycles. The molecule has 0 radical (unpaired) electrons. The summed E-state index contributed by atoms with van der Waals surface area (Å²) in [7, 11) is 0. The highest BCUT2D eigenvalue weighted by Crippen LogP contribution is 2.24. The van der Waals surface area contributed by atoms with Gasteiger partial charge in [-0.05, 0) is 23.3 Å². The summed E-state index contributed by atoms with van der Waals surface area (Å²) in [6, 6.07) is 16.2. The summed E-state index contributed by atoms with van der Waals surface area (Å²) in [4.78, 5) is 8.21. The SMILES string of the molecule is Nc1ncnc2cc(-c3ccccc3)ccc12. The summed E-state index contributed by atoms with van der Waals surface area (Å²) in [6.07, 6.45) is 1.49. The first-order valence-electron chi connectivity index (χ1n) is 5.40. The summed E-state index contributed by atoms with van der Waals surface area (Å²) in [5, 5.41) is 0.896. The Hall–Kier alpha value is -2.42. The van der Waals surface area contributed by atoms with Crippen LogP contribution in [0.1, 0.15) is 0 Å². The summed E-state index contributed by atoms with van der Waals surface area (Å²) in [5.41, 5.74) is 8.98. The molecule has 0 bridgehead atoms. The summed E-state index contributed by atoms with van der Waals surface area (Å²) in [6.45, 7) is 0. The van der Waals surface area contributed by atoms with Gasteiger partial charge in [-0.3, -0.25) is 0 Å². The largest absolute Gasteiger partial charge is 0.383 e. The van der Waals surface area contributed by atoms with Gasteiger partial charge in [-0.1, -0.05) is 36.4 Å². The molecule has 0 saturated heterocycles. The van der Waals surface area contributed by atoms with Crippen LogP contribution in [-0.2, 0) is 0 Å². The fourth-order valence-electron chi connectivity index (χ4n) is 1.89. The normalized spacial score (nSPS) is 10.6. The lowest BCUT2D eigenvalue weighted by atomic mass is 10.0. The maximum Gasteiger partial charge on any atom is 0.134 e. The van der Waals surface area contributed by atoms with Crippen LogP contribution in [0.4, 0.5) is 5.82 Å². The minimum absolute atomic E-state index is 0.523. The molecular weight excluding hydrogens is 210 g/mol. The molecule has 3 nitrogen and oxygen atoms in total. The monoisotopic (exact) mass is 221 g/mol. The Morgan fingerprint density at radius 1 is 0.824 bits per heavy atom. The van der Waals surface area contributed by atoms with Crippen molar-refractivity contribution in [3.8, 4) is 11.1 Å². The van der Waals surface area contributed by atoms with Crippen molar-refractivity contribution in [2.75, 3.05) is 5.73 Å². The van der Waals surface area contributed by atoms with Gasteiger partial charge in [-0.2, -0.15) is 0 Å². The van der Waals surface area contributed by atoms with E-state index in [-0.39, 0.29) is 0 Å². The van der Waals surface area contributed by atoms with Crippen molar-refractivity contribution in [2.24, 2.45) is 0 Å². The fraction of sp³-hybridized carbons (Fsp3) is 0. The van der Waals surface area contributed by atoms with Crippen LogP contribution in [-0.4, -0.2) is 9.97 Å². The number of nitrogens with two attached hydrogens (primary N) is 1. The molecule has 17 heavy (non-hydrogen) atoms. The van der Waals surface area contributed by atoms with Crippen molar-refractivity contribution in [3.05, 3.63) is 54.9 Å². The topological polar surface area (TPSA) is 51.8 Å². The Morgan fingerprint density at radius 2 is 1.65 bits per heavy atom. The van der Waals surface area contributed by atoms with Crippen LogP contribution in [0, 0.1) is 0 Å². The molecule has 0 atom stereocenters. The highest BCUT2D eigenvalue weighted by atomic mass is 14.9. The standard InChI is InChI=1S/C14H11N3/c15-14-12-7-6-11(8-13(12)16-9-17-14)10-4-2-1-3-5-10/h1-9H,(H2,15,16,17). The van der Waals surface area contributed by atoms with E-state index in [9.17, 15) is 0 Å². The number of rotatable bonds is 1. The second-order valence-electron chi connectivity index (χ2n) is 3.86. The van der Waals surface area contributed by atoms with Crippen LogP contribution < -0.4 is 5.73 Å². The fourth-order valence-corrected chi connectivity index (χ4v) is 1.89. The minimum Gasteiger partial charge on any atom is -0.383 e. The van der Waals surface area contributed by atoms with Crippen LogP contribution in [0.3, 0.4) is 0 Å². The molecule has 82 valence electrons. The van der Waals surface area contributed by atoms with Gasteiger partial charge in [0.25, 0.3) is 0 Å². The smallest absolute Gasteiger partial charge is 0.134 e. The van der Waals surface area contributed by atoms with E-state index in [1.807, 2.05) is 36.4 Å². The summed E-state index contributed by atoms with van der Waals surface area (Å²) >= 11 is 0. The Kier molecular flexibility index (Phi) is 2.22. The van der Waals surface area contributed by atoms with Crippen molar-refractivity contribution in [2.45, 2.75) is 0 Å². The first kappa shape index (κ1) is 9.78. The second kappa shape index (κ2) is 3.87. The average Bonchev–Trinajstić information content (AvgIpc) is 2.40. The molecule has 3 aromatic rings. The molecule has 0 aliphatic carbocycles. The quantitative estimate of drug-likeness (QED) is 0.687. The zero-order valence-electron chi connectivity index (χ0n) is 9.17. The molecule has 3 heteroatoms. The van der Waals surface area contributed by atoms with Gasteiger partial charge in [0.2, 0.25) is 0 Å². The van der Waals surface area contributed by atoms with Gasteiger partial charge >= 0.3 is 0 Å². The molecule has 3 rings (SSSR count). The summed E-state index contributed by atoms with van der Waals surface area (Å²) < 4.78 is 0. The Bertz CT molecular complexity index is 663. The third kappa shape index (κ3) is 1.72. The minimum atomic E-state index is 0.523. The Labute approximate surface area is 98.9 Å². The number of benzene rings is 2. The Balaban J connectivity index is 2.21. The predicted octanol–water partition coefficient (Wildman–Crippen LogP) is 2.88. The van der Waals surface area contributed by atoms with Gasteiger partial charge in [0, 0.05) is 5.39 Å². The van der Waals surface area contributed by atoms with Crippen molar-refractivity contribution in [3.63, 3.8) is 0 Å². The second-order valence-corrected chi connectivity index (χ2v) is 3.86. The van der Waals surface area contributed by atoms with Gasteiger partial charge < -0.3 is 5.73 Å². The number of nitrogen functional groups attached to an aromatic ring is 1. The molecule has 0 aliphatic rings. The number of fused-ring (bicyclic) bond motifs is 1. The molecule has 2 N–H and O–H groups in total. The molecular formula is C14H11N3. The maximum atomic E-state index is 5.79. The van der Waals surface area contributed by atoms with E-state index < -0.39 is 0 Å². The van der Waals surface area contributed by atoms with E-state index >= 15 is 0 Å². The number of hydrogen-bond acceptors (Lipinski definition) is 3. The summed E-state index contributed by atoms with van der Waals surface area (Å²) in [5.74, 6) is 0.523. The van der Waals surface area contributed by atoms with Gasteiger partial charge in [0.1, 0.15) is 12.1 Å². The zero-order valence-corrected chi connectivity index (χ0v) is 9.17. The molecule has 2 aromatic carbocycles. The van der Waals surface area contributed by atoms with Crippen molar-refractivity contribution < 1.29 is 0 Å². The van der Waals surface area contributed by atoms with Crippen LogP contribution in [0.15, 0.2) is 54.9 Å². The first-order valence-corrected chi connectivity index (χ1v) is 5.40. The molecule has 1 aromatic heterocycles. The lowest BCUT2D eigenvalue weighted by Gasteiger charge is -2.04. The van der Waals surface area contributed by atoms with E-state index in [4.69, 9.17) is 5.73 Å². The highest BCUT2D eigenvalue weighted by Gasteiger charge is 2.02. The van der Waals surface area contributed by atoms with Crippen LogP contribution in [0.25, 0.3) is 22.0 Å².